The lowest BCUT2D eigenvalue weighted by atomic mass is 9.99. The van der Waals surface area contributed by atoms with Crippen LogP contribution in [0, 0.1) is 0 Å². The summed E-state index contributed by atoms with van der Waals surface area (Å²) in [5.74, 6) is 0.479. The number of likely N-dealkylation sites (tertiary alicyclic amines) is 1. The highest BCUT2D eigenvalue weighted by atomic mass is 32.1. The highest BCUT2D eigenvalue weighted by Gasteiger charge is 2.25. The van der Waals surface area contributed by atoms with Gasteiger partial charge < -0.3 is 5.32 Å². The predicted octanol–water partition coefficient (Wildman–Crippen LogP) is 4.11. The number of hydrogen-bond acceptors (Lipinski definition) is 4. The summed E-state index contributed by atoms with van der Waals surface area (Å²) >= 11 is 1.79. The lowest BCUT2D eigenvalue weighted by molar-refractivity contribution is -0.117. The van der Waals surface area contributed by atoms with E-state index in [-0.39, 0.29) is 5.91 Å². The molecule has 1 aliphatic rings. The summed E-state index contributed by atoms with van der Waals surface area (Å²) in [6.45, 7) is 2.32. The maximum Gasteiger partial charge on any atom is 0.238 e. The number of hydrogen-bond donors (Lipinski definition) is 1. The molecule has 3 aromatic rings. The van der Waals surface area contributed by atoms with E-state index in [9.17, 15) is 4.79 Å². The number of nitrogens with one attached hydrogen (secondary N) is 1. The quantitative estimate of drug-likeness (QED) is 0.769. The van der Waals surface area contributed by atoms with Crippen molar-refractivity contribution in [3.05, 3.63) is 59.6 Å². The Balaban J connectivity index is 1.39. The van der Waals surface area contributed by atoms with Crippen LogP contribution in [-0.2, 0) is 4.79 Å². The number of nitrogens with zero attached hydrogens (tertiary/aromatic N) is 2. The standard InChI is InChI=1S/C20H21N3OS/c24-19(21-16-8-2-1-3-9-16)14-23-12-6-7-15(13-23)20-22-17-10-4-5-11-18(17)25-20/h1-5,8-11,15H,6-7,12-14H2,(H,21,24)/t15-/m0/s1. The Labute approximate surface area is 151 Å². The first-order valence-corrected chi connectivity index (χ1v) is 9.52. The zero-order valence-corrected chi connectivity index (χ0v) is 14.8. The first-order chi connectivity index (χ1) is 12.3. The van der Waals surface area contributed by atoms with Gasteiger partial charge in [-0.3, -0.25) is 9.69 Å². The van der Waals surface area contributed by atoms with Crippen molar-refractivity contribution in [2.75, 3.05) is 25.0 Å². The average molecular weight is 351 g/mol. The van der Waals surface area contributed by atoms with Crippen LogP contribution in [0.15, 0.2) is 54.6 Å². The van der Waals surface area contributed by atoms with Gasteiger partial charge in [-0.15, -0.1) is 11.3 Å². The molecule has 4 nitrogen and oxygen atoms in total. The van der Waals surface area contributed by atoms with Gasteiger partial charge in [-0.05, 0) is 43.7 Å². The van der Waals surface area contributed by atoms with Crippen molar-refractivity contribution in [3.8, 4) is 0 Å². The van der Waals surface area contributed by atoms with Crippen LogP contribution in [0.4, 0.5) is 5.69 Å². The summed E-state index contributed by atoms with van der Waals surface area (Å²) in [7, 11) is 0. The summed E-state index contributed by atoms with van der Waals surface area (Å²) < 4.78 is 1.25. The number of carbonyl (C=O) groups excluding carboxylic acids is 1. The van der Waals surface area contributed by atoms with Crippen molar-refractivity contribution in [1.82, 2.24) is 9.88 Å². The van der Waals surface area contributed by atoms with Gasteiger partial charge in [0.2, 0.25) is 5.91 Å². The molecule has 1 N–H and O–H groups in total. The maximum absolute atomic E-state index is 12.3. The number of thiazole rings is 1. The summed E-state index contributed by atoms with van der Waals surface area (Å²) in [6.07, 6.45) is 2.26. The SMILES string of the molecule is O=C(CN1CCC[C@H](c2nc3ccccc3s2)C1)Nc1ccccc1. The van der Waals surface area contributed by atoms with Crippen LogP contribution in [0.5, 0.6) is 0 Å². The molecule has 0 aliphatic carbocycles. The highest BCUT2D eigenvalue weighted by molar-refractivity contribution is 7.18. The summed E-state index contributed by atoms with van der Waals surface area (Å²) in [4.78, 5) is 19.4. The molecular weight excluding hydrogens is 330 g/mol. The van der Waals surface area contributed by atoms with Gasteiger partial charge in [0.05, 0.1) is 21.8 Å². The Bertz CT molecular complexity index is 829. The number of aromatic nitrogens is 1. The minimum atomic E-state index is 0.0520. The van der Waals surface area contributed by atoms with E-state index >= 15 is 0 Å². The second-order valence-corrected chi connectivity index (χ2v) is 7.57. The van der Waals surface area contributed by atoms with E-state index in [0.29, 0.717) is 12.5 Å². The van der Waals surface area contributed by atoms with Crippen molar-refractivity contribution in [3.63, 3.8) is 0 Å². The Kier molecular flexibility index (Phi) is 4.76. The minimum Gasteiger partial charge on any atom is -0.325 e. The van der Waals surface area contributed by atoms with Crippen molar-refractivity contribution < 1.29 is 4.79 Å². The second-order valence-electron chi connectivity index (χ2n) is 6.51. The summed E-state index contributed by atoms with van der Waals surface area (Å²) in [6, 6.07) is 17.9. The molecule has 1 aliphatic heterocycles. The molecule has 0 unspecified atom stereocenters. The largest absolute Gasteiger partial charge is 0.325 e. The van der Waals surface area contributed by atoms with E-state index in [1.807, 2.05) is 36.4 Å². The Morgan fingerprint density at radius 1 is 1.16 bits per heavy atom. The van der Waals surface area contributed by atoms with Crippen LogP contribution < -0.4 is 5.32 Å². The zero-order valence-electron chi connectivity index (χ0n) is 14.0. The van der Waals surface area contributed by atoms with Crippen molar-refractivity contribution in [2.45, 2.75) is 18.8 Å². The fourth-order valence-electron chi connectivity index (χ4n) is 3.39. The molecule has 1 fully saturated rings. The molecule has 0 radical (unpaired) electrons. The van der Waals surface area contributed by atoms with Crippen molar-refractivity contribution >= 4 is 33.1 Å². The van der Waals surface area contributed by atoms with Crippen LogP contribution in [-0.4, -0.2) is 35.4 Å². The molecule has 0 saturated carbocycles. The molecule has 2 aromatic carbocycles. The highest BCUT2D eigenvalue weighted by Crippen LogP contribution is 2.32. The molecule has 1 atom stereocenters. The van der Waals surface area contributed by atoms with E-state index in [0.717, 1.165) is 37.1 Å². The lowest BCUT2D eigenvalue weighted by Crippen LogP contribution is -2.39. The number of rotatable bonds is 4. The van der Waals surface area contributed by atoms with Crippen LogP contribution in [0.2, 0.25) is 0 Å². The van der Waals surface area contributed by atoms with E-state index < -0.39 is 0 Å². The molecule has 2 heterocycles. The Morgan fingerprint density at radius 2 is 1.96 bits per heavy atom. The fraction of sp³-hybridized carbons (Fsp3) is 0.300. The van der Waals surface area contributed by atoms with Gasteiger partial charge in [-0.1, -0.05) is 30.3 Å². The molecule has 0 spiro atoms. The Hall–Kier alpha value is -2.24. The van der Waals surface area contributed by atoms with E-state index in [1.54, 1.807) is 11.3 Å². The monoisotopic (exact) mass is 351 g/mol. The number of benzene rings is 2. The van der Waals surface area contributed by atoms with Gasteiger partial charge in [0.25, 0.3) is 0 Å². The average Bonchev–Trinajstić information content (AvgIpc) is 3.07. The van der Waals surface area contributed by atoms with E-state index in [2.05, 4.69) is 28.4 Å². The lowest BCUT2D eigenvalue weighted by Gasteiger charge is -2.31. The second kappa shape index (κ2) is 7.33. The molecule has 1 saturated heterocycles. The normalized spacial score (nSPS) is 18.3. The third-order valence-corrected chi connectivity index (χ3v) is 5.79. The zero-order chi connectivity index (χ0) is 17.1. The third-order valence-electron chi connectivity index (χ3n) is 4.59. The number of para-hydroxylation sites is 2. The first-order valence-electron chi connectivity index (χ1n) is 8.71. The molecule has 5 heteroatoms. The predicted molar refractivity (Wildman–Crippen MR) is 103 cm³/mol. The smallest absolute Gasteiger partial charge is 0.238 e. The van der Waals surface area contributed by atoms with Crippen LogP contribution in [0.25, 0.3) is 10.2 Å². The molecule has 0 bridgehead atoms. The maximum atomic E-state index is 12.3. The molecule has 4 rings (SSSR count). The van der Waals surface area contributed by atoms with Gasteiger partial charge in [0.1, 0.15) is 0 Å². The number of amides is 1. The van der Waals surface area contributed by atoms with Gasteiger partial charge in [-0.2, -0.15) is 0 Å². The van der Waals surface area contributed by atoms with Crippen molar-refractivity contribution in [2.24, 2.45) is 0 Å². The van der Waals surface area contributed by atoms with Gasteiger partial charge in [-0.25, -0.2) is 4.98 Å². The molecule has 1 aromatic heterocycles. The number of carbonyl (C=O) groups is 1. The molecule has 25 heavy (non-hydrogen) atoms. The molecule has 1 amide bonds. The molecular formula is C20H21N3OS. The summed E-state index contributed by atoms with van der Waals surface area (Å²) in [5, 5.41) is 4.17. The van der Waals surface area contributed by atoms with Gasteiger partial charge in [0, 0.05) is 18.2 Å². The minimum absolute atomic E-state index is 0.0520. The first kappa shape index (κ1) is 16.2. The van der Waals surface area contributed by atoms with Crippen LogP contribution in [0.3, 0.4) is 0 Å². The number of anilines is 1. The number of fused-ring (bicyclic) bond motifs is 1. The van der Waals surface area contributed by atoms with Crippen LogP contribution in [0.1, 0.15) is 23.8 Å². The van der Waals surface area contributed by atoms with E-state index in [4.69, 9.17) is 4.98 Å². The van der Waals surface area contributed by atoms with Gasteiger partial charge in [0.15, 0.2) is 0 Å². The van der Waals surface area contributed by atoms with Gasteiger partial charge >= 0.3 is 0 Å². The topological polar surface area (TPSA) is 45.2 Å². The van der Waals surface area contributed by atoms with Crippen LogP contribution >= 0.6 is 11.3 Å². The summed E-state index contributed by atoms with van der Waals surface area (Å²) in [5.41, 5.74) is 1.94. The molecule has 128 valence electrons. The Morgan fingerprint density at radius 3 is 2.80 bits per heavy atom. The fourth-order valence-corrected chi connectivity index (χ4v) is 4.48. The number of piperidine rings is 1. The van der Waals surface area contributed by atoms with Crippen molar-refractivity contribution in [1.29, 1.82) is 0 Å². The third kappa shape index (κ3) is 3.89. The van der Waals surface area contributed by atoms with E-state index in [1.165, 1.54) is 9.71 Å².